The standard InChI is InChI=1S/C19H21F2N7/c1-2-25-19(24)26-15(23)8-7-14(22)18-17(27-16-4-3-9-28(16)18)12-6-5-11(20)10-13(12)21/h5-8,10,22H,2-4,9H2,1H3,(H4,23,24,25,26)/b8-7-,22-14?. The molecule has 0 fully saturated rings. The fraction of sp³-hybridized carbons (Fsp3) is 0.263. The van der Waals surface area contributed by atoms with Crippen LogP contribution in [-0.2, 0) is 13.0 Å². The van der Waals surface area contributed by atoms with Gasteiger partial charge in [0.15, 0.2) is 0 Å². The number of hydrogen-bond donors (Lipinski definition) is 3. The number of fused-ring (bicyclic) bond motifs is 1. The molecule has 2 heterocycles. The van der Waals surface area contributed by atoms with Gasteiger partial charge in [-0.25, -0.2) is 13.8 Å². The van der Waals surface area contributed by atoms with Crippen molar-refractivity contribution < 1.29 is 8.78 Å². The zero-order chi connectivity index (χ0) is 20.3. The summed E-state index contributed by atoms with van der Waals surface area (Å²) in [6, 6.07) is 3.32. The van der Waals surface area contributed by atoms with Crippen molar-refractivity contribution in [2.45, 2.75) is 26.3 Å². The summed E-state index contributed by atoms with van der Waals surface area (Å²) in [4.78, 5) is 12.3. The number of aromatic nitrogens is 2. The average molecular weight is 385 g/mol. The quantitative estimate of drug-likeness (QED) is 0.541. The van der Waals surface area contributed by atoms with Crippen LogP contribution in [0.3, 0.4) is 0 Å². The first-order valence-corrected chi connectivity index (χ1v) is 8.86. The van der Waals surface area contributed by atoms with E-state index in [1.165, 1.54) is 24.3 Å². The number of halogens is 2. The van der Waals surface area contributed by atoms with Crippen LogP contribution in [0.5, 0.6) is 0 Å². The summed E-state index contributed by atoms with van der Waals surface area (Å²) in [5, 5.41) is 8.46. The third-order valence-corrected chi connectivity index (χ3v) is 4.25. The lowest BCUT2D eigenvalue weighted by molar-refractivity contribution is 0.585. The minimum atomic E-state index is -0.723. The van der Waals surface area contributed by atoms with Crippen molar-refractivity contribution in [2.24, 2.45) is 21.5 Å². The van der Waals surface area contributed by atoms with Crippen LogP contribution in [0.4, 0.5) is 8.78 Å². The molecular formula is C19H21F2N7. The highest BCUT2D eigenvalue weighted by Gasteiger charge is 2.25. The number of rotatable bonds is 5. The van der Waals surface area contributed by atoms with E-state index in [9.17, 15) is 8.78 Å². The van der Waals surface area contributed by atoms with Gasteiger partial charge in [-0.05, 0) is 37.6 Å². The first-order valence-electron chi connectivity index (χ1n) is 8.86. The molecule has 5 N–H and O–H groups in total. The van der Waals surface area contributed by atoms with Crippen LogP contribution >= 0.6 is 0 Å². The second-order valence-corrected chi connectivity index (χ2v) is 6.22. The van der Waals surface area contributed by atoms with E-state index in [4.69, 9.17) is 16.9 Å². The molecule has 1 aliphatic heterocycles. The number of benzene rings is 1. The Morgan fingerprint density at radius 1 is 1.32 bits per heavy atom. The van der Waals surface area contributed by atoms with Gasteiger partial charge < -0.3 is 16.0 Å². The number of allylic oxidation sites excluding steroid dienone is 1. The fourth-order valence-electron chi connectivity index (χ4n) is 3.08. The highest BCUT2D eigenvalue weighted by Crippen LogP contribution is 2.30. The summed E-state index contributed by atoms with van der Waals surface area (Å²) < 4.78 is 29.5. The summed E-state index contributed by atoms with van der Waals surface area (Å²) in [6.45, 7) is 2.98. The van der Waals surface area contributed by atoms with Crippen LogP contribution in [0.15, 0.2) is 40.3 Å². The molecule has 0 amide bonds. The Morgan fingerprint density at radius 2 is 2.11 bits per heavy atom. The van der Waals surface area contributed by atoms with Gasteiger partial charge in [-0.3, -0.25) is 10.4 Å². The lowest BCUT2D eigenvalue weighted by atomic mass is 10.1. The molecule has 1 aromatic carbocycles. The van der Waals surface area contributed by atoms with Gasteiger partial charge in [-0.2, -0.15) is 4.99 Å². The van der Waals surface area contributed by atoms with E-state index in [1.807, 2.05) is 11.5 Å². The van der Waals surface area contributed by atoms with Gasteiger partial charge in [0.2, 0.25) is 5.96 Å². The number of imidazole rings is 1. The molecule has 1 aliphatic rings. The van der Waals surface area contributed by atoms with Crippen LogP contribution in [0.2, 0.25) is 0 Å². The van der Waals surface area contributed by atoms with Crippen molar-refractivity contribution in [3.63, 3.8) is 0 Å². The lowest BCUT2D eigenvalue weighted by Crippen LogP contribution is -2.17. The van der Waals surface area contributed by atoms with Crippen molar-refractivity contribution in [2.75, 3.05) is 6.54 Å². The van der Waals surface area contributed by atoms with Gasteiger partial charge in [0.05, 0.1) is 11.4 Å². The number of nitrogens with two attached hydrogens (primary N) is 2. The maximum Gasteiger partial charge on any atom is 0.217 e. The topological polar surface area (TPSA) is 118 Å². The SMILES string of the molecule is CCN=C(N)/N=C(N)/C=C\C(=N)c1c(-c2ccc(F)cc2F)nc2n1CCC2. The van der Waals surface area contributed by atoms with Gasteiger partial charge >= 0.3 is 0 Å². The predicted molar refractivity (Wildman–Crippen MR) is 106 cm³/mol. The zero-order valence-electron chi connectivity index (χ0n) is 15.4. The van der Waals surface area contributed by atoms with E-state index >= 15 is 0 Å². The first kappa shape index (κ1) is 19.4. The maximum absolute atomic E-state index is 14.3. The van der Waals surface area contributed by atoms with E-state index < -0.39 is 11.6 Å². The Balaban J connectivity index is 1.98. The number of nitrogens with one attached hydrogen (secondary N) is 1. The normalized spacial score (nSPS) is 14.7. The molecule has 3 rings (SSSR count). The molecule has 9 heteroatoms. The largest absolute Gasteiger partial charge is 0.384 e. The second-order valence-electron chi connectivity index (χ2n) is 6.22. The molecular weight excluding hydrogens is 364 g/mol. The maximum atomic E-state index is 14.3. The Hall–Kier alpha value is -3.36. The molecule has 0 radical (unpaired) electrons. The molecule has 0 unspecified atom stereocenters. The minimum absolute atomic E-state index is 0.0514. The van der Waals surface area contributed by atoms with E-state index in [2.05, 4.69) is 15.0 Å². The van der Waals surface area contributed by atoms with Gasteiger partial charge in [0, 0.05) is 31.1 Å². The third-order valence-electron chi connectivity index (χ3n) is 4.25. The van der Waals surface area contributed by atoms with Crippen molar-refractivity contribution in [1.29, 1.82) is 5.41 Å². The molecule has 0 saturated heterocycles. The van der Waals surface area contributed by atoms with Crippen molar-refractivity contribution >= 4 is 17.5 Å². The molecule has 0 bridgehead atoms. The average Bonchev–Trinajstić information content (AvgIpc) is 3.20. The summed E-state index contributed by atoms with van der Waals surface area (Å²) >= 11 is 0. The zero-order valence-corrected chi connectivity index (χ0v) is 15.4. The van der Waals surface area contributed by atoms with Crippen LogP contribution in [-0.4, -0.2) is 33.6 Å². The number of aliphatic imine (C=N–C) groups is 2. The third kappa shape index (κ3) is 3.98. The van der Waals surface area contributed by atoms with Crippen LogP contribution in [0.25, 0.3) is 11.3 Å². The molecule has 0 spiro atoms. The van der Waals surface area contributed by atoms with Gasteiger partial charge in [0.25, 0.3) is 0 Å². The van der Waals surface area contributed by atoms with Crippen molar-refractivity contribution in [3.8, 4) is 11.3 Å². The van der Waals surface area contributed by atoms with Crippen molar-refractivity contribution in [1.82, 2.24) is 9.55 Å². The number of amidine groups is 1. The van der Waals surface area contributed by atoms with E-state index in [0.29, 0.717) is 24.5 Å². The molecule has 146 valence electrons. The smallest absolute Gasteiger partial charge is 0.217 e. The molecule has 28 heavy (non-hydrogen) atoms. The van der Waals surface area contributed by atoms with E-state index in [-0.39, 0.29) is 23.1 Å². The van der Waals surface area contributed by atoms with E-state index in [0.717, 1.165) is 24.7 Å². The lowest BCUT2D eigenvalue weighted by Gasteiger charge is -2.08. The molecule has 7 nitrogen and oxygen atoms in total. The number of aryl methyl sites for hydroxylation is 1. The summed E-state index contributed by atoms with van der Waals surface area (Å²) in [5.41, 5.74) is 12.4. The Labute approximate surface area is 161 Å². The second kappa shape index (κ2) is 8.12. The van der Waals surface area contributed by atoms with Gasteiger partial charge in [-0.15, -0.1) is 0 Å². The Morgan fingerprint density at radius 3 is 2.82 bits per heavy atom. The Bertz CT molecular complexity index is 1000. The molecule has 1 aromatic heterocycles. The van der Waals surface area contributed by atoms with Crippen molar-refractivity contribution in [3.05, 3.63) is 53.5 Å². The fourth-order valence-corrected chi connectivity index (χ4v) is 3.08. The van der Waals surface area contributed by atoms with Crippen LogP contribution < -0.4 is 11.5 Å². The highest BCUT2D eigenvalue weighted by atomic mass is 19.1. The molecule has 2 aromatic rings. The first-order chi connectivity index (χ1) is 13.4. The number of hydrogen-bond acceptors (Lipinski definition) is 3. The number of nitrogens with zero attached hydrogens (tertiary/aromatic N) is 4. The summed E-state index contributed by atoms with van der Waals surface area (Å²) in [5.74, 6) is -0.474. The molecule has 0 aliphatic carbocycles. The van der Waals surface area contributed by atoms with Crippen LogP contribution in [0.1, 0.15) is 24.9 Å². The van der Waals surface area contributed by atoms with Crippen LogP contribution in [0, 0.1) is 17.0 Å². The van der Waals surface area contributed by atoms with E-state index in [1.54, 1.807) is 0 Å². The van der Waals surface area contributed by atoms with Gasteiger partial charge in [0.1, 0.15) is 29.0 Å². The number of guanidine groups is 1. The monoisotopic (exact) mass is 385 g/mol. The van der Waals surface area contributed by atoms with Gasteiger partial charge in [-0.1, -0.05) is 0 Å². The minimum Gasteiger partial charge on any atom is -0.384 e. The Kier molecular flexibility index (Phi) is 5.62. The molecule has 0 saturated carbocycles. The highest BCUT2D eigenvalue weighted by molar-refractivity contribution is 6.12. The predicted octanol–water partition coefficient (Wildman–Crippen LogP) is 2.39. The molecule has 0 atom stereocenters. The summed E-state index contributed by atoms with van der Waals surface area (Å²) in [7, 11) is 0. The summed E-state index contributed by atoms with van der Waals surface area (Å²) in [6.07, 6.45) is 4.51.